The molecule has 0 aliphatic rings. The van der Waals surface area contributed by atoms with Gasteiger partial charge in [0.1, 0.15) is 41.3 Å². The molecule has 0 fully saturated rings. The van der Waals surface area contributed by atoms with Crippen molar-refractivity contribution >= 4 is 12.2 Å². The molecular weight excluding hydrogens is 456 g/mol. The van der Waals surface area contributed by atoms with Crippen molar-refractivity contribution in [3.05, 3.63) is 89.0 Å². The Bertz CT molecular complexity index is 1280. The summed E-state index contributed by atoms with van der Waals surface area (Å²) < 4.78 is 35.1. The smallest absolute Gasteiger partial charge is 0.137 e. The van der Waals surface area contributed by atoms with Gasteiger partial charge in [0.05, 0.1) is 13.2 Å². The van der Waals surface area contributed by atoms with Gasteiger partial charge in [-0.05, 0) is 30.7 Å². The van der Waals surface area contributed by atoms with Gasteiger partial charge in [-0.2, -0.15) is 20.5 Å². The van der Waals surface area contributed by atoms with Crippen LogP contribution in [0.1, 0.15) is 48.0 Å². The lowest BCUT2D eigenvalue weighted by atomic mass is 9.79. The molecule has 0 unspecified atom stereocenters. The quantitative estimate of drug-likeness (QED) is 0.356. The molecule has 11 heteroatoms. The van der Waals surface area contributed by atoms with Gasteiger partial charge in [-0.3, -0.25) is 4.98 Å². The number of hydrogen-bond acceptors (Lipinski definition) is 7. The van der Waals surface area contributed by atoms with Crippen molar-refractivity contribution < 1.29 is 18.6 Å². The minimum Gasteiger partial charge on any atom is -0.382 e. The van der Waals surface area contributed by atoms with E-state index in [4.69, 9.17) is 4.74 Å². The maximum Gasteiger partial charge on any atom is 0.137 e. The standard InChI is InChI=1S/C24H25F2N7O2/c1-3-35-12-23-22(30-32-31-23)9-5-17-4-8-21(28-11-17)16(2)24(34,13-33-15-27-14-29-33)19-7-6-18(25)10-20(19)26/h4-11,14-16,34H,3,12-13H2,1-2H3,(H,30,31,32)/t16-,24+/m1/s1. The summed E-state index contributed by atoms with van der Waals surface area (Å²) in [7, 11) is 0. The second kappa shape index (κ2) is 10.6. The van der Waals surface area contributed by atoms with E-state index in [0.717, 1.165) is 17.7 Å². The Hall–Kier alpha value is -3.83. The highest BCUT2D eigenvalue weighted by Gasteiger charge is 2.40. The SMILES string of the molecule is CCOCc1n[nH]nc1C=Cc1ccc([C@@H](C)[C@@](O)(Cn2cncn2)c2ccc(F)cc2F)nc1. The zero-order valence-corrected chi connectivity index (χ0v) is 19.3. The molecular formula is C24H25F2N7O2. The molecule has 0 aliphatic heterocycles. The Morgan fingerprint density at radius 1 is 1.20 bits per heavy atom. The van der Waals surface area contributed by atoms with Crippen LogP contribution in [0, 0.1) is 11.6 Å². The molecule has 35 heavy (non-hydrogen) atoms. The maximum absolute atomic E-state index is 14.8. The van der Waals surface area contributed by atoms with E-state index in [0.29, 0.717) is 30.3 Å². The van der Waals surface area contributed by atoms with Crippen LogP contribution in [0.5, 0.6) is 0 Å². The number of ether oxygens (including phenoxy) is 1. The molecule has 3 aromatic heterocycles. The zero-order valence-electron chi connectivity index (χ0n) is 19.3. The Morgan fingerprint density at radius 2 is 2.06 bits per heavy atom. The van der Waals surface area contributed by atoms with Crippen LogP contribution >= 0.6 is 0 Å². The molecule has 4 aromatic rings. The van der Waals surface area contributed by atoms with Gasteiger partial charge in [0.2, 0.25) is 0 Å². The number of halogens is 2. The number of benzene rings is 1. The van der Waals surface area contributed by atoms with Gasteiger partial charge >= 0.3 is 0 Å². The van der Waals surface area contributed by atoms with Crippen LogP contribution in [0.15, 0.2) is 49.2 Å². The van der Waals surface area contributed by atoms with E-state index in [1.54, 1.807) is 25.3 Å². The van der Waals surface area contributed by atoms with Crippen molar-refractivity contribution in [2.75, 3.05) is 6.61 Å². The monoisotopic (exact) mass is 481 g/mol. The largest absolute Gasteiger partial charge is 0.382 e. The molecule has 3 heterocycles. The van der Waals surface area contributed by atoms with E-state index in [9.17, 15) is 13.9 Å². The highest BCUT2D eigenvalue weighted by molar-refractivity contribution is 5.68. The van der Waals surface area contributed by atoms with Crippen LogP contribution in [0.2, 0.25) is 0 Å². The molecule has 0 saturated heterocycles. The number of rotatable bonds is 10. The lowest BCUT2D eigenvalue weighted by molar-refractivity contribution is -0.0123. The lowest BCUT2D eigenvalue weighted by Crippen LogP contribution is -2.38. The number of hydrogen-bond donors (Lipinski definition) is 2. The van der Waals surface area contributed by atoms with Crippen molar-refractivity contribution in [1.29, 1.82) is 0 Å². The Morgan fingerprint density at radius 3 is 2.74 bits per heavy atom. The average Bonchev–Trinajstić information content (AvgIpc) is 3.53. The molecule has 0 radical (unpaired) electrons. The number of pyridine rings is 1. The molecule has 0 amide bonds. The summed E-state index contributed by atoms with van der Waals surface area (Å²) in [6.07, 6.45) is 8.01. The summed E-state index contributed by atoms with van der Waals surface area (Å²) in [4.78, 5) is 8.39. The minimum atomic E-state index is -1.77. The Labute approximate surface area is 200 Å². The van der Waals surface area contributed by atoms with Gasteiger partial charge in [0, 0.05) is 36.0 Å². The number of nitrogens with zero attached hydrogens (tertiary/aromatic N) is 6. The lowest BCUT2D eigenvalue weighted by Gasteiger charge is -2.34. The average molecular weight is 482 g/mol. The van der Waals surface area contributed by atoms with E-state index in [1.165, 1.54) is 23.4 Å². The van der Waals surface area contributed by atoms with Gasteiger partial charge in [0.25, 0.3) is 0 Å². The molecule has 2 N–H and O–H groups in total. The highest BCUT2D eigenvalue weighted by atomic mass is 19.1. The summed E-state index contributed by atoms with van der Waals surface area (Å²) in [6.45, 7) is 4.46. The normalized spacial score (nSPS) is 14.3. The second-order valence-corrected chi connectivity index (χ2v) is 8.01. The van der Waals surface area contributed by atoms with Crippen LogP contribution in [0.3, 0.4) is 0 Å². The number of nitrogens with one attached hydrogen (secondary N) is 1. The fourth-order valence-electron chi connectivity index (χ4n) is 3.75. The van der Waals surface area contributed by atoms with Gasteiger partial charge < -0.3 is 9.84 Å². The fourth-order valence-corrected chi connectivity index (χ4v) is 3.75. The van der Waals surface area contributed by atoms with E-state index in [-0.39, 0.29) is 12.1 Å². The predicted octanol–water partition coefficient (Wildman–Crippen LogP) is 3.47. The zero-order chi connectivity index (χ0) is 24.8. The van der Waals surface area contributed by atoms with Crippen LogP contribution < -0.4 is 0 Å². The second-order valence-electron chi connectivity index (χ2n) is 8.01. The first-order valence-corrected chi connectivity index (χ1v) is 11.0. The summed E-state index contributed by atoms with van der Waals surface area (Å²) in [5.41, 5.74) is 0.835. The molecule has 0 spiro atoms. The first kappa shape index (κ1) is 24.3. The third kappa shape index (κ3) is 5.47. The van der Waals surface area contributed by atoms with Crippen molar-refractivity contribution in [2.24, 2.45) is 0 Å². The van der Waals surface area contributed by atoms with E-state index < -0.39 is 23.2 Å². The summed E-state index contributed by atoms with van der Waals surface area (Å²) in [5.74, 6) is -2.25. The van der Waals surface area contributed by atoms with E-state index in [2.05, 4.69) is 30.5 Å². The van der Waals surface area contributed by atoms with Crippen molar-refractivity contribution in [3.63, 3.8) is 0 Å². The fraction of sp³-hybridized carbons (Fsp3) is 0.292. The van der Waals surface area contributed by atoms with Crippen LogP contribution in [-0.4, -0.2) is 46.9 Å². The van der Waals surface area contributed by atoms with Crippen molar-refractivity contribution in [2.45, 2.75) is 38.5 Å². The number of aromatic nitrogens is 7. The molecule has 4 rings (SSSR count). The molecule has 1 aromatic carbocycles. The van der Waals surface area contributed by atoms with E-state index in [1.807, 2.05) is 19.1 Å². The summed E-state index contributed by atoms with van der Waals surface area (Å²) >= 11 is 0. The van der Waals surface area contributed by atoms with Crippen molar-refractivity contribution in [3.8, 4) is 0 Å². The molecule has 0 saturated carbocycles. The van der Waals surface area contributed by atoms with Gasteiger partial charge in [0.15, 0.2) is 0 Å². The van der Waals surface area contributed by atoms with Crippen LogP contribution in [-0.2, 0) is 23.5 Å². The third-order valence-electron chi connectivity index (χ3n) is 5.76. The molecule has 182 valence electrons. The topological polar surface area (TPSA) is 115 Å². The molecule has 2 atom stereocenters. The predicted molar refractivity (Wildman–Crippen MR) is 124 cm³/mol. The summed E-state index contributed by atoms with van der Waals surface area (Å²) in [6, 6.07) is 6.69. The molecule has 0 bridgehead atoms. The summed E-state index contributed by atoms with van der Waals surface area (Å²) in [5, 5.41) is 26.5. The number of aromatic amines is 1. The third-order valence-corrected chi connectivity index (χ3v) is 5.76. The van der Waals surface area contributed by atoms with Crippen molar-refractivity contribution in [1.82, 2.24) is 35.2 Å². The van der Waals surface area contributed by atoms with Gasteiger partial charge in [-0.25, -0.2) is 18.4 Å². The highest BCUT2D eigenvalue weighted by Crippen LogP contribution is 2.39. The Balaban J connectivity index is 1.59. The molecule has 9 nitrogen and oxygen atoms in total. The first-order valence-electron chi connectivity index (χ1n) is 11.0. The molecule has 0 aliphatic carbocycles. The first-order chi connectivity index (χ1) is 16.9. The van der Waals surface area contributed by atoms with Gasteiger partial charge in [-0.15, -0.1) is 0 Å². The van der Waals surface area contributed by atoms with E-state index >= 15 is 0 Å². The van der Waals surface area contributed by atoms with Crippen LogP contribution in [0.25, 0.3) is 12.2 Å². The number of H-pyrrole nitrogens is 1. The van der Waals surface area contributed by atoms with Crippen LogP contribution in [0.4, 0.5) is 8.78 Å². The minimum absolute atomic E-state index is 0.0551. The van der Waals surface area contributed by atoms with Gasteiger partial charge in [-0.1, -0.05) is 25.1 Å². The number of aliphatic hydroxyl groups is 1. The Kier molecular flexibility index (Phi) is 7.37. The maximum atomic E-state index is 14.8.